The summed E-state index contributed by atoms with van der Waals surface area (Å²) in [4.78, 5) is 0. The Hall–Kier alpha value is -1.22. The molecule has 2 aromatic rings. The van der Waals surface area contributed by atoms with E-state index in [2.05, 4.69) is 0 Å². The molecule has 0 aliphatic carbocycles. The van der Waals surface area contributed by atoms with E-state index >= 15 is 0 Å². The van der Waals surface area contributed by atoms with E-state index < -0.39 is 41.5 Å². The first-order valence-corrected chi connectivity index (χ1v) is 9.66. The van der Waals surface area contributed by atoms with Gasteiger partial charge in [0.1, 0.15) is 24.4 Å². The van der Waals surface area contributed by atoms with Crippen LogP contribution in [0.4, 0.5) is 0 Å². The maximum atomic E-state index is 10.7. The Morgan fingerprint density at radius 2 is 1.43 bits per heavy atom. The molecule has 0 amide bonds. The predicted octanol–water partition coefficient (Wildman–Crippen LogP) is 2.64. The van der Waals surface area contributed by atoms with Gasteiger partial charge in [-0.1, -0.05) is 83.9 Å². The lowest BCUT2D eigenvalue weighted by Gasteiger charge is -2.49. The molecule has 6 nitrogen and oxygen atoms in total. The average Bonchev–Trinajstić information content (AvgIpc) is 2.73. The van der Waals surface area contributed by atoms with Crippen molar-refractivity contribution in [3.63, 3.8) is 0 Å². The third kappa shape index (κ3) is 3.67. The Bertz CT molecular complexity index is 750. The molecule has 0 spiro atoms. The molecule has 2 unspecified atom stereocenters. The number of aliphatic hydroxyl groups excluding tert-OH is 2. The van der Waals surface area contributed by atoms with Crippen molar-refractivity contribution in [1.29, 1.82) is 0 Å². The van der Waals surface area contributed by atoms with Crippen molar-refractivity contribution in [3.8, 4) is 0 Å². The molecule has 6 atom stereocenters. The van der Waals surface area contributed by atoms with Gasteiger partial charge in [0.2, 0.25) is 0 Å². The lowest BCUT2D eigenvalue weighted by Crippen LogP contribution is -2.62. The number of aliphatic hydroxyl groups is 2. The monoisotopic (exact) mass is 426 g/mol. The van der Waals surface area contributed by atoms with Crippen LogP contribution < -0.4 is 0 Å². The molecule has 2 aliphatic heterocycles. The number of ether oxygens (including phenoxy) is 4. The Morgan fingerprint density at radius 1 is 0.857 bits per heavy atom. The minimum absolute atomic E-state index is 0.0983. The molecule has 2 fully saturated rings. The number of alkyl halides is 2. The highest BCUT2D eigenvalue weighted by Gasteiger charge is 2.54. The maximum Gasteiger partial charge on any atom is 0.277 e. The van der Waals surface area contributed by atoms with Crippen molar-refractivity contribution >= 4 is 23.2 Å². The number of halogens is 2. The standard InChI is InChI=1S/C20H20Cl2O6/c21-19(13-7-3-1-4-8-13)25-12-16-17(24)18(15(11-23)26-19)28-20(22,27-16)14-9-5-2-6-10-14/h1-10,15-18,23-24H,11-12H2/t15-,16+,17+,18+,19?,20?/m1/s1. The van der Waals surface area contributed by atoms with Crippen LogP contribution in [0.5, 0.6) is 0 Å². The SMILES string of the molecule is OC[C@H]1OC(Cl)(c2ccccc2)OC[C@@H]2OC(Cl)(c3ccccc3)O[C@@H]1[C@H]2O. The molecule has 0 saturated carbocycles. The second-order valence-corrected chi connectivity index (χ2v) is 7.68. The first kappa shape index (κ1) is 20.1. The number of rotatable bonds is 3. The van der Waals surface area contributed by atoms with Gasteiger partial charge in [-0.3, -0.25) is 0 Å². The Labute approximate surface area is 172 Å². The van der Waals surface area contributed by atoms with Crippen LogP contribution in [0.2, 0.25) is 0 Å². The zero-order chi connectivity index (χ0) is 19.8. The molecule has 2 saturated heterocycles. The summed E-state index contributed by atoms with van der Waals surface area (Å²) in [7, 11) is 0. The van der Waals surface area contributed by atoms with Gasteiger partial charge in [0.25, 0.3) is 10.5 Å². The van der Waals surface area contributed by atoms with Gasteiger partial charge in [0, 0.05) is 11.1 Å². The van der Waals surface area contributed by atoms with Gasteiger partial charge in [-0.25, -0.2) is 0 Å². The van der Waals surface area contributed by atoms with Crippen molar-refractivity contribution in [2.45, 2.75) is 34.9 Å². The summed E-state index contributed by atoms with van der Waals surface area (Å²) in [6, 6.07) is 17.8. The molecule has 2 bridgehead atoms. The molecule has 2 heterocycles. The van der Waals surface area contributed by atoms with Crippen molar-refractivity contribution in [2.24, 2.45) is 0 Å². The maximum absolute atomic E-state index is 10.7. The van der Waals surface area contributed by atoms with Gasteiger partial charge in [-0.05, 0) is 0 Å². The van der Waals surface area contributed by atoms with Crippen LogP contribution in [-0.2, 0) is 29.4 Å². The molecule has 28 heavy (non-hydrogen) atoms. The summed E-state index contributed by atoms with van der Waals surface area (Å²) < 4.78 is 23.5. The molecule has 2 N–H and O–H groups in total. The highest BCUT2D eigenvalue weighted by molar-refractivity contribution is 6.22. The normalized spacial score (nSPS) is 38.4. The van der Waals surface area contributed by atoms with Crippen LogP contribution in [-0.4, -0.2) is 47.8 Å². The van der Waals surface area contributed by atoms with Crippen LogP contribution in [0.25, 0.3) is 0 Å². The van der Waals surface area contributed by atoms with Gasteiger partial charge in [0.15, 0.2) is 0 Å². The van der Waals surface area contributed by atoms with E-state index in [9.17, 15) is 10.2 Å². The Balaban J connectivity index is 1.68. The van der Waals surface area contributed by atoms with Gasteiger partial charge in [0.05, 0.1) is 13.2 Å². The van der Waals surface area contributed by atoms with Gasteiger partial charge < -0.3 is 29.2 Å². The van der Waals surface area contributed by atoms with E-state index in [4.69, 9.17) is 42.1 Å². The second kappa shape index (κ2) is 7.89. The zero-order valence-electron chi connectivity index (χ0n) is 14.8. The van der Waals surface area contributed by atoms with Crippen molar-refractivity contribution in [1.82, 2.24) is 0 Å². The molecule has 8 heteroatoms. The van der Waals surface area contributed by atoms with Crippen LogP contribution in [0.15, 0.2) is 60.7 Å². The summed E-state index contributed by atoms with van der Waals surface area (Å²) >= 11 is 13.2. The third-order valence-electron chi connectivity index (χ3n) is 4.83. The van der Waals surface area contributed by atoms with E-state index in [1.54, 1.807) is 48.5 Å². The van der Waals surface area contributed by atoms with Crippen molar-refractivity contribution < 1.29 is 29.2 Å². The molecule has 2 aliphatic rings. The second-order valence-electron chi connectivity index (χ2n) is 6.68. The lowest BCUT2D eigenvalue weighted by atomic mass is 10.00. The van der Waals surface area contributed by atoms with Crippen LogP contribution in [0.3, 0.4) is 0 Å². The summed E-state index contributed by atoms with van der Waals surface area (Å²) in [5.41, 5.74) is 1.10. The number of benzene rings is 2. The molecule has 150 valence electrons. The molecular formula is C20H20Cl2O6. The zero-order valence-corrected chi connectivity index (χ0v) is 16.3. The molecule has 0 radical (unpaired) electrons. The molecule has 0 aromatic heterocycles. The molecule has 2 aromatic carbocycles. The van der Waals surface area contributed by atoms with Crippen LogP contribution in [0.1, 0.15) is 11.1 Å². The summed E-state index contributed by atoms with van der Waals surface area (Å²) in [5.74, 6) is 0. The molecular weight excluding hydrogens is 407 g/mol. The van der Waals surface area contributed by atoms with E-state index in [0.717, 1.165) is 0 Å². The highest BCUT2D eigenvalue weighted by Crippen LogP contribution is 2.45. The average molecular weight is 427 g/mol. The van der Waals surface area contributed by atoms with Crippen LogP contribution >= 0.6 is 23.2 Å². The fourth-order valence-electron chi connectivity index (χ4n) is 3.37. The van der Waals surface area contributed by atoms with Crippen molar-refractivity contribution in [3.05, 3.63) is 71.8 Å². The summed E-state index contributed by atoms with van der Waals surface area (Å²) in [5, 5.41) is 17.3. The van der Waals surface area contributed by atoms with E-state index in [1.165, 1.54) is 0 Å². The quantitative estimate of drug-likeness (QED) is 0.734. The minimum Gasteiger partial charge on any atom is -0.394 e. The van der Waals surface area contributed by atoms with Gasteiger partial charge in [-0.15, -0.1) is 0 Å². The van der Waals surface area contributed by atoms with E-state index in [0.29, 0.717) is 11.1 Å². The van der Waals surface area contributed by atoms with E-state index in [-0.39, 0.29) is 6.61 Å². The van der Waals surface area contributed by atoms with Gasteiger partial charge >= 0.3 is 0 Å². The van der Waals surface area contributed by atoms with Crippen molar-refractivity contribution in [2.75, 3.05) is 13.2 Å². The van der Waals surface area contributed by atoms with E-state index in [1.807, 2.05) is 12.1 Å². The smallest absolute Gasteiger partial charge is 0.277 e. The van der Waals surface area contributed by atoms with Gasteiger partial charge in [-0.2, -0.15) is 0 Å². The minimum atomic E-state index is -1.67. The van der Waals surface area contributed by atoms with Crippen LogP contribution in [0, 0.1) is 0 Å². The predicted molar refractivity (Wildman–Crippen MR) is 102 cm³/mol. The third-order valence-corrected chi connectivity index (χ3v) is 5.64. The Morgan fingerprint density at radius 3 is 2.00 bits per heavy atom. The number of hydrogen-bond donors (Lipinski definition) is 2. The summed E-state index contributed by atoms with van der Waals surface area (Å²) in [6.07, 6.45) is -3.99. The largest absolute Gasteiger partial charge is 0.394 e. The first-order chi connectivity index (χ1) is 13.5. The number of fused-ring (bicyclic) bond motifs is 2. The lowest BCUT2D eigenvalue weighted by molar-refractivity contribution is -0.377. The first-order valence-electron chi connectivity index (χ1n) is 8.90. The number of hydrogen-bond acceptors (Lipinski definition) is 6. The fraction of sp³-hybridized carbons (Fsp3) is 0.400. The topological polar surface area (TPSA) is 77.4 Å². The molecule has 4 rings (SSSR count). The summed E-state index contributed by atoms with van der Waals surface area (Å²) in [6.45, 7) is -0.570. The highest BCUT2D eigenvalue weighted by atomic mass is 35.5. The Kier molecular flexibility index (Phi) is 5.66. The fourth-order valence-corrected chi connectivity index (χ4v) is 4.01.